The number of nitrogens with zero attached hydrogens (tertiary/aromatic N) is 6. The second-order valence-electron chi connectivity index (χ2n) is 6.98. The molecule has 0 saturated carbocycles. The molecule has 6 nitrogen and oxygen atoms in total. The molecule has 3 rings (SSSR count). The molecular formula is C18H30N6. The molecule has 132 valence electrons. The van der Waals surface area contributed by atoms with Gasteiger partial charge in [0.25, 0.3) is 0 Å². The van der Waals surface area contributed by atoms with Gasteiger partial charge >= 0.3 is 0 Å². The van der Waals surface area contributed by atoms with Crippen molar-refractivity contribution in [3.63, 3.8) is 0 Å². The zero-order chi connectivity index (χ0) is 17.1. The maximum Gasteiger partial charge on any atom is 0.0596 e. The predicted octanol–water partition coefficient (Wildman–Crippen LogP) is 1.63. The molecule has 0 radical (unpaired) electrons. The average Bonchev–Trinajstić information content (AvgIpc) is 3.04. The first kappa shape index (κ1) is 17.2. The molecule has 1 aliphatic rings. The molecule has 24 heavy (non-hydrogen) atoms. The summed E-state index contributed by atoms with van der Waals surface area (Å²) in [5.41, 5.74) is 4.75. The standard InChI is InChI=1S/C18H30N6/c1-15-13-17(3)23(19-15)11-9-21-5-7-22(8-6-21)10-12-24-18(4)14-16(2)20-24/h13-14H,5-12H2,1-4H3. The van der Waals surface area contributed by atoms with Gasteiger partial charge in [0.15, 0.2) is 0 Å². The number of aryl methyl sites for hydroxylation is 4. The van der Waals surface area contributed by atoms with Gasteiger partial charge in [-0.05, 0) is 39.8 Å². The smallest absolute Gasteiger partial charge is 0.0596 e. The van der Waals surface area contributed by atoms with Crippen molar-refractivity contribution in [3.8, 4) is 0 Å². The Morgan fingerprint density at radius 1 is 0.667 bits per heavy atom. The maximum absolute atomic E-state index is 4.55. The third kappa shape index (κ3) is 4.24. The zero-order valence-corrected chi connectivity index (χ0v) is 15.5. The molecule has 0 N–H and O–H groups in total. The average molecular weight is 330 g/mol. The molecule has 3 heterocycles. The van der Waals surface area contributed by atoms with E-state index in [0.29, 0.717) is 0 Å². The molecule has 1 aliphatic heterocycles. The first-order valence-corrected chi connectivity index (χ1v) is 8.98. The van der Waals surface area contributed by atoms with Crippen molar-refractivity contribution in [1.82, 2.24) is 29.4 Å². The number of hydrogen-bond acceptors (Lipinski definition) is 4. The van der Waals surface area contributed by atoms with Gasteiger partial charge in [0.2, 0.25) is 0 Å². The molecule has 0 bridgehead atoms. The molecule has 1 saturated heterocycles. The monoisotopic (exact) mass is 330 g/mol. The van der Waals surface area contributed by atoms with E-state index < -0.39 is 0 Å². The molecular weight excluding hydrogens is 300 g/mol. The van der Waals surface area contributed by atoms with Crippen LogP contribution in [-0.2, 0) is 13.1 Å². The fraction of sp³-hybridized carbons (Fsp3) is 0.667. The van der Waals surface area contributed by atoms with E-state index in [-0.39, 0.29) is 0 Å². The third-order valence-corrected chi connectivity index (χ3v) is 4.93. The van der Waals surface area contributed by atoms with Crippen LogP contribution in [0.2, 0.25) is 0 Å². The molecule has 6 heteroatoms. The second kappa shape index (κ2) is 7.49. The normalized spacial score (nSPS) is 16.8. The Bertz CT molecular complexity index is 605. The number of rotatable bonds is 6. The second-order valence-corrected chi connectivity index (χ2v) is 6.98. The molecule has 0 atom stereocenters. The Morgan fingerprint density at radius 3 is 1.33 bits per heavy atom. The van der Waals surface area contributed by atoms with Crippen LogP contribution in [0.15, 0.2) is 12.1 Å². The largest absolute Gasteiger partial charge is 0.299 e. The van der Waals surface area contributed by atoms with Gasteiger partial charge in [-0.1, -0.05) is 0 Å². The zero-order valence-electron chi connectivity index (χ0n) is 15.5. The number of hydrogen-bond donors (Lipinski definition) is 0. The molecule has 0 unspecified atom stereocenters. The van der Waals surface area contributed by atoms with Crippen molar-refractivity contribution in [2.75, 3.05) is 39.3 Å². The molecule has 1 fully saturated rings. The Labute approximate surface area is 145 Å². The van der Waals surface area contributed by atoms with Gasteiger partial charge in [-0.3, -0.25) is 19.2 Å². The fourth-order valence-electron chi connectivity index (χ4n) is 3.51. The van der Waals surface area contributed by atoms with Crippen LogP contribution in [-0.4, -0.2) is 68.6 Å². The quantitative estimate of drug-likeness (QED) is 0.807. The van der Waals surface area contributed by atoms with Gasteiger partial charge in [-0.25, -0.2) is 0 Å². The summed E-state index contributed by atoms with van der Waals surface area (Å²) in [4.78, 5) is 5.10. The van der Waals surface area contributed by atoms with Crippen LogP contribution in [0.5, 0.6) is 0 Å². The Balaban J connectivity index is 1.39. The Hall–Kier alpha value is -1.66. The van der Waals surface area contributed by atoms with Gasteiger partial charge in [-0.2, -0.15) is 10.2 Å². The molecule has 0 spiro atoms. The van der Waals surface area contributed by atoms with Crippen LogP contribution < -0.4 is 0 Å². The summed E-state index contributed by atoms with van der Waals surface area (Å²) in [6, 6.07) is 4.30. The van der Waals surface area contributed by atoms with Crippen molar-refractivity contribution in [1.29, 1.82) is 0 Å². The van der Waals surface area contributed by atoms with Gasteiger partial charge in [0, 0.05) is 50.7 Å². The van der Waals surface area contributed by atoms with Crippen molar-refractivity contribution >= 4 is 0 Å². The van der Waals surface area contributed by atoms with Crippen LogP contribution in [0.25, 0.3) is 0 Å². The minimum absolute atomic E-state index is 0.992. The summed E-state index contributed by atoms with van der Waals surface area (Å²) < 4.78 is 4.26. The number of piperazine rings is 1. The summed E-state index contributed by atoms with van der Waals surface area (Å²) in [6.07, 6.45) is 0. The number of aromatic nitrogens is 4. The van der Waals surface area contributed by atoms with Crippen LogP contribution in [0.3, 0.4) is 0 Å². The summed E-state index contributed by atoms with van der Waals surface area (Å²) >= 11 is 0. The highest BCUT2D eigenvalue weighted by Gasteiger charge is 2.17. The molecule has 2 aromatic heterocycles. The van der Waals surface area contributed by atoms with Crippen LogP contribution >= 0.6 is 0 Å². The topological polar surface area (TPSA) is 42.1 Å². The van der Waals surface area contributed by atoms with Gasteiger partial charge in [0.05, 0.1) is 24.5 Å². The highest BCUT2D eigenvalue weighted by atomic mass is 15.3. The summed E-state index contributed by atoms with van der Waals surface area (Å²) in [5.74, 6) is 0. The van der Waals surface area contributed by atoms with Crippen molar-refractivity contribution in [2.45, 2.75) is 40.8 Å². The van der Waals surface area contributed by atoms with E-state index in [9.17, 15) is 0 Å². The first-order valence-electron chi connectivity index (χ1n) is 8.98. The minimum Gasteiger partial charge on any atom is -0.299 e. The minimum atomic E-state index is 0.992. The first-order chi connectivity index (χ1) is 11.5. The van der Waals surface area contributed by atoms with Crippen molar-refractivity contribution < 1.29 is 0 Å². The lowest BCUT2D eigenvalue weighted by atomic mass is 10.3. The molecule has 0 amide bonds. The predicted molar refractivity (Wildman–Crippen MR) is 96.3 cm³/mol. The van der Waals surface area contributed by atoms with Crippen LogP contribution in [0.4, 0.5) is 0 Å². The highest BCUT2D eigenvalue weighted by molar-refractivity contribution is 5.07. The molecule has 2 aromatic rings. The van der Waals surface area contributed by atoms with E-state index in [1.807, 2.05) is 0 Å². The summed E-state index contributed by atoms with van der Waals surface area (Å²) in [7, 11) is 0. The molecule has 0 aromatic carbocycles. The molecule has 0 aliphatic carbocycles. The summed E-state index contributed by atoms with van der Waals surface area (Å²) in [6.45, 7) is 17.2. The van der Waals surface area contributed by atoms with E-state index >= 15 is 0 Å². The lowest BCUT2D eigenvalue weighted by Gasteiger charge is -2.34. The summed E-state index contributed by atoms with van der Waals surface area (Å²) in [5, 5.41) is 9.11. The van der Waals surface area contributed by atoms with E-state index in [4.69, 9.17) is 0 Å². The van der Waals surface area contributed by atoms with E-state index in [2.05, 4.69) is 69.2 Å². The fourth-order valence-corrected chi connectivity index (χ4v) is 3.51. The Morgan fingerprint density at radius 2 is 1.04 bits per heavy atom. The lowest BCUT2D eigenvalue weighted by molar-refractivity contribution is 0.124. The van der Waals surface area contributed by atoms with Gasteiger partial charge in [0.1, 0.15) is 0 Å². The van der Waals surface area contributed by atoms with Gasteiger partial charge in [-0.15, -0.1) is 0 Å². The van der Waals surface area contributed by atoms with Crippen LogP contribution in [0.1, 0.15) is 22.8 Å². The van der Waals surface area contributed by atoms with E-state index in [1.165, 1.54) is 11.4 Å². The SMILES string of the molecule is Cc1cc(C)n(CCN2CCN(CCn3nc(C)cc3C)CC2)n1. The van der Waals surface area contributed by atoms with E-state index in [0.717, 1.165) is 63.7 Å². The van der Waals surface area contributed by atoms with Crippen LogP contribution in [0, 0.1) is 27.7 Å². The van der Waals surface area contributed by atoms with Crippen molar-refractivity contribution in [2.24, 2.45) is 0 Å². The maximum atomic E-state index is 4.55. The Kier molecular flexibility index (Phi) is 5.36. The van der Waals surface area contributed by atoms with E-state index in [1.54, 1.807) is 0 Å². The highest BCUT2D eigenvalue weighted by Crippen LogP contribution is 2.06. The third-order valence-electron chi connectivity index (χ3n) is 4.93. The van der Waals surface area contributed by atoms with Gasteiger partial charge < -0.3 is 0 Å². The lowest BCUT2D eigenvalue weighted by Crippen LogP contribution is -2.48. The van der Waals surface area contributed by atoms with Crippen molar-refractivity contribution in [3.05, 3.63) is 34.9 Å².